The lowest BCUT2D eigenvalue weighted by atomic mass is 10.1. The molecule has 0 unspecified atom stereocenters. The molecule has 2 aliphatic rings. The number of benzene rings is 1. The Bertz CT molecular complexity index is 988. The number of nitrogens with one attached hydrogen (secondary N) is 1. The topological polar surface area (TPSA) is 84.9 Å². The van der Waals surface area contributed by atoms with Gasteiger partial charge in [0.1, 0.15) is 5.82 Å². The summed E-state index contributed by atoms with van der Waals surface area (Å²) in [4.78, 5) is 12.0. The normalized spacial score (nSPS) is 16.8. The Morgan fingerprint density at radius 1 is 1.21 bits per heavy atom. The van der Waals surface area contributed by atoms with Gasteiger partial charge in [-0.05, 0) is 44.4 Å². The van der Waals surface area contributed by atoms with Gasteiger partial charge in [-0.25, -0.2) is 14.6 Å². The minimum absolute atomic E-state index is 0.491. The standard InChI is InChI=1S/C21H27N7/c1-27(10-9-22)13-14-3-2-4-15(11-14)19-25-20(24-16-5-6-16)18-12-23-28(17-7-8-17)21(18)26-19/h2-4,11-12,16-17H,5-10,13,22H2,1H3,(H,24,25,26). The second-order valence-corrected chi connectivity index (χ2v) is 8.10. The minimum Gasteiger partial charge on any atom is -0.367 e. The second-order valence-electron chi connectivity index (χ2n) is 8.10. The van der Waals surface area contributed by atoms with Crippen molar-refractivity contribution in [2.24, 2.45) is 5.73 Å². The average Bonchev–Trinajstić information content (AvgIpc) is 3.62. The van der Waals surface area contributed by atoms with Crippen LogP contribution in [-0.2, 0) is 6.54 Å². The van der Waals surface area contributed by atoms with Crippen molar-refractivity contribution >= 4 is 16.9 Å². The summed E-state index contributed by atoms with van der Waals surface area (Å²) in [5, 5.41) is 9.22. The summed E-state index contributed by atoms with van der Waals surface area (Å²) < 4.78 is 2.08. The minimum atomic E-state index is 0.491. The lowest BCUT2D eigenvalue weighted by Crippen LogP contribution is -2.24. The van der Waals surface area contributed by atoms with Gasteiger partial charge in [0, 0.05) is 31.2 Å². The second kappa shape index (κ2) is 7.14. The van der Waals surface area contributed by atoms with Gasteiger partial charge in [0.25, 0.3) is 0 Å². The Balaban J connectivity index is 1.53. The van der Waals surface area contributed by atoms with Crippen molar-refractivity contribution in [2.45, 2.75) is 44.3 Å². The number of nitrogens with two attached hydrogens (primary N) is 1. The molecule has 3 aromatic rings. The number of likely N-dealkylation sites (N-methyl/N-ethyl adjacent to an activating group) is 1. The number of hydrogen-bond acceptors (Lipinski definition) is 6. The number of rotatable bonds is 8. The molecule has 2 saturated carbocycles. The number of anilines is 1. The molecule has 7 nitrogen and oxygen atoms in total. The lowest BCUT2D eigenvalue weighted by molar-refractivity contribution is 0.336. The van der Waals surface area contributed by atoms with Gasteiger partial charge < -0.3 is 16.0 Å². The first-order valence-electron chi connectivity index (χ1n) is 10.2. The van der Waals surface area contributed by atoms with Crippen molar-refractivity contribution in [3.05, 3.63) is 36.0 Å². The molecule has 0 saturated heterocycles. The summed E-state index contributed by atoms with van der Waals surface area (Å²) >= 11 is 0. The van der Waals surface area contributed by atoms with Gasteiger partial charge in [-0.15, -0.1) is 0 Å². The van der Waals surface area contributed by atoms with Crippen molar-refractivity contribution in [2.75, 3.05) is 25.5 Å². The highest BCUT2D eigenvalue weighted by atomic mass is 15.3. The van der Waals surface area contributed by atoms with E-state index in [-0.39, 0.29) is 0 Å². The van der Waals surface area contributed by atoms with Gasteiger partial charge in [0.05, 0.1) is 17.6 Å². The van der Waals surface area contributed by atoms with Crippen LogP contribution in [0.2, 0.25) is 0 Å². The Labute approximate surface area is 165 Å². The molecule has 0 bridgehead atoms. The van der Waals surface area contributed by atoms with Crippen LogP contribution in [0.3, 0.4) is 0 Å². The van der Waals surface area contributed by atoms with Crippen LogP contribution in [0.5, 0.6) is 0 Å². The summed E-state index contributed by atoms with van der Waals surface area (Å²) in [5.74, 6) is 1.68. The zero-order valence-corrected chi connectivity index (χ0v) is 16.3. The van der Waals surface area contributed by atoms with Crippen LogP contribution in [0.25, 0.3) is 22.4 Å². The highest BCUT2D eigenvalue weighted by molar-refractivity contribution is 5.88. The summed E-state index contributed by atoms with van der Waals surface area (Å²) in [5.41, 5.74) is 8.91. The molecule has 2 fully saturated rings. The third-order valence-electron chi connectivity index (χ3n) is 5.41. The number of hydrogen-bond donors (Lipinski definition) is 2. The predicted octanol–water partition coefficient (Wildman–Crippen LogP) is 2.79. The van der Waals surface area contributed by atoms with E-state index in [4.69, 9.17) is 15.7 Å². The third kappa shape index (κ3) is 3.59. The molecule has 5 rings (SSSR count). The molecular weight excluding hydrogens is 350 g/mol. The zero-order valence-electron chi connectivity index (χ0n) is 16.3. The molecule has 2 aliphatic carbocycles. The van der Waals surface area contributed by atoms with Gasteiger partial charge in [0.2, 0.25) is 0 Å². The van der Waals surface area contributed by atoms with E-state index in [0.29, 0.717) is 18.6 Å². The van der Waals surface area contributed by atoms with E-state index in [1.54, 1.807) is 0 Å². The Hall–Kier alpha value is -2.51. The number of nitrogens with zero attached hydrogens (tertiary/aromatic N) is 5. The maximum absolute atomic E-state index is 5.67. The molecule has 28 heavy (non-hydrogen) atoms. The van der Waals surface area contributed by atoms with E-state index >= 15 is 0 Å². The third-order valence-corrected chi connectivity index (χ3v) is 5.41. The van der Waals surface area contributed by atoms with Gasteiger partial charge in [-0.3, -0.25) is 0 Å². The molecule has 2 heterocycles. The number of fused-ring (bicyclic) bond motifs is 1. The van der Waals surface area contributed by atoms with Gasteiger partial charge in [0.15, 0.2) is 11.5 Å². The Kier molecular flexibility index (Phi) is 4.49. The van der Waals surface area contributed by atoms with Gasteiger partial charge in [-0.1, -0.05) is 18.2 Å². The van der Waals surface area contributed by atoms with Gasteiger partial charge in [-0.2, -0.15) is 5.10 Å². The van der Waals surface area contributed by atoms with Crippen LogP contribution in [0.4, 0.5) is 5.82 Å². The van der Waals surface area contributed by atoms with Crippen molar-refractivity contribution in [1.82, 2.24) is 24.6 Å². The van der Waals surface area contributed by atoms with Crippen LogP contribution in [0.15, 0.2) is 30.5 Å². The maximum Gasteiger partial charge on any atom is 0.164 e. The van der Waals surface area contributed by atoms with Crippen molar-refractivity contribution in [3.8, 4) is 11.4 Å². The quantitative estimate of drug-likeness (QED) is 0.628. The van der Waals surface area contributed by atoms with Crippen LogP contribution < -0.4 is 11.1 Å². The van der Waals surface area contributed by atoms with E-state index in [9.17, 15) is 0 Å². The molecule has 0 amide bonds. The Morgan fingerprint density at radius 2 is 2.07 bits per heavy atom. The number of aromatic nitrogens is 4. The van der Waals surface area contributed by atoms with E-state index in [1.807, 2.05) is 6.20 Å². The van der Waals surface area contributed by atoms with Crippen LogP contribution in [0, 0.1) is 0 Å². The van der Waals surface area contributed by atoms with E-state index in [1.165, 1.54) is 31.2 Å². The summed E-state index contributed by atoms with van der Waals surface area (Å²) in [6.45, 7) is 2.40. The molecular formula is C21H27N7. The highest BCUT2D eigenvalue weighted by Crippen LogP contribution is 2.38. The summed E-state index contributed by atoms with van der Waals surface area (Å²) in [6, 6.07) is 9.53. The maximum atomic E-state index is 5.67. The van der Waals surface area contributed by atoms with E-state index in [2.05, 4.69) is 51.3 Å². The van der Waals surface area contributed by atoms with E-state index in [0.717, 1.165) is 41.3 Å². The SMILES string of the molecule is CN(CCN)Cc1cccc(-c2nc(NC3CC3)c3cnn(C4CC4)c3n2)c1. The van der Waals surface area contributed by atoms with Crippen LogP contribution in [0.1, 0.15) is 37.3 Å². The summed E-state index contributed by atoms with van der Waals surface area (Å²) in [6.07, 6.45) is 6.70. The molecule has 0 aliphatic heterocycles. The Morgan fingerprint density at radius 3 is 2.82 bits per heavy atom. The smallest absolute Gasteiger partial charge is 0.164 e. The zero-order chi connectivity index (χ0) is 19.1. The first kappa shape index (κ1) is 17.6. The fraction of sp³-hybridized carbons (Fsp3) is 0.476. The molecule has 1 aromatic carbocycles. The van der Waals surface area contributed by atoms with Crippen molar-refractivity contribution in [1.29, 1.82) is 0 Å². The average molecular weight is 377 g/mol. The lowest BCUT2D eigenvalue weighted by Gasteiger charge is -2.16. The summed E-state index contributed by atoms with van der Waals surface area (Å²) in [7, 11) is 2.09. The molecule has 0 radical (unpaired) electrons. The molecule has 0 atom stereocenters. The predicted molar refractivity (Wildman–Crippen MR) is 111 cm³/mol. The molecule has 0 spiro atoms. The van der Waals surface area contributed by atoms with Crippen LogP contribution >= 0.6 is 0 Å². The first-order chi connectivity index (χ1) is 13.7. The van der Waals surface area contributed by atoms with Crippen molar-refractivity contribution in [3.63, 3.8) is 0 Å². The molecule has 7 heteroatoms. The molecule has 3 N–H and O–H groups in total. The van der Waals surface area contributed by atoms with E-state index < -0.39 is 0 Å². The largest absolute Gasteiger partial charge is 0.367 e. The van der Waals surface area contributed by atoms with Gasteiger partial charge >= 0.3 is 0 Å². The highest BCUT2D eigenvalue weighted by Gasteiger charge is 2.29. The van der Waals surface area contributed by atoms with Crippen molar-refractivity contribution < 1.29 is 0 Å². The fourth-order valence-electron chi connectivity index (χ4n) is 3.59. The first-order valence-corrected chi connectivity index (χ1v) is 10.2. The fourth-order valence-corrected chi connectivity index (χ4v) is 3.59. The van der Waals surface area contributed by atoms with Crippen LogP contribution in [-0.4, -0.2) is 50.8 Å². The monoisotopic (exact) mass is 377 g/mol. The molecule has 2 aromatic heterocycles. The molecule has 146 valence electrons.